The molecule has 0 fully saturated rings. The summed E-state index contributed by atoms with van der Waals surface area (Å²) in [7, 11) is 1.53. The average Bonchev–Trinajstić information content (AvgIpc) is 2.38. The van der Waals surface area contributed by atoms with Gasteiger partial charge in [0.25, 0.3) is 0 Å². The van der Waals surface area contributed by atoms with Crippen molar-refractivity contribution >= 4 is 12.0 Å². The van der Waals surface area contributed by atoms with E-state index in [0.29, 0.717) is 13.0 Å². The van der Waals surface area contributed by atoms with E-state index < -0.39 is 6.10 Å². The molecule has 1 aromatic carbocycles. The lowest BCUT2D eigenvalue weighted by Crippen LogP contribution is -2.27. The lowest BCUT2D eigenvalue weighted by molar-refractivity contribution is -0.116. The molecule has 0 saturated heterocycles. The molecule has 4 nitrogen and oxygen atoms in total. The largest absolute Gasteiger partial charge is 0.391 e. The highest BCUT2D eigenvalue weighted by atomic mass is 16.5. The van der Waals surface area contributed by atoms with E-state index in [2.05, 4.69) is 5.32 Å². The molecule has 0 aromatic heterocycles. The van der Waals surface area contributed by atoms with Crippen LogP contribution in [0.25, 0.3) is 6.08 Å². The van der Waals surface area contributed by atoms with Gasteiger partial charge in [-0.1, -0.05) is 30.3 Å². The first-order valence-electron chi connectivity index (χ1n) is 5.90. The summed E-state index contributed by atoms with van der Waals surface area (Å²) in [4.78, 5) is 11.4. The lowest BCUT2D eigenvalue weighted by atomic mass is 10.2. The van der Waals surface area contributed by atoms with Crippen LogP contribution in [0.5, 0.6) is 0 Å². The van der Waals surface area contributed by atoms with Gasteiger partial charge in [0.2, 0.25) is 5.91 Å². The Kier molecular flexibility index (Phi) is 6.76. The number of nitrogens with one attached hydrogen (secondary N) is 1. The van der Waals surface area contributed by atoms with Gasteiger partial charge < -0.3 is 15.2 Å². The number of carbonyl (C=O) groups is 1. The molecule has 98 valence electrons. The number of rotatable bonds is 7. The second-order valence-corrected chi connectivity index (χ2v) is 3.93. The van der Waals surface area contributed by atoms with E-state index in [1.54, 1.807) is 6.08 Å². The summed E-state index contributed by atoms with van der Waals surface area (Å²) in [6.45, 7) is 0.720. The summed E-state index contributed by atoms with van der Waals surface area (Å²) in [5, 5.41) is 12.1. The molecule has 1 rings (SSSR count). The van der Waals surface area contributed by atoms with Crippen LogP contribution in [0.3, 0.4) is 0 Å². The molecular weight excluding hydrogens is 230 g/mol. The van der Waals surface area contributed by atoms with Gasteiger partial charge in [-0.25, -0.2) is 0 Å². The summed E-state index contributed by atoms with van der Waals surface area (Å²) < 4.78 is 4.79. The number of hydrogen-bond donors (Lipinski definition) is 2. The van der Waals surface area contributed by atoms with E-state index in [4.69, 9.17) is 4.74 Å². The second kappa shape index (κ2) is 8.44. The molecule has 0 bridgehead atoms. The molecule has 0 spiro atoms. The van der Waals surface area contributed by atoms with Gasteiger partial charge in [-0.15, -0.1) is 0 Å². The van der Waals surface area contributed by atoms with Crippen molar-refractivity contribution in [2.24, 2.45) is 0 Å². The standard InChI is InChI=1S/C14H19NO3/c1-18-11-13(16)9-10-15-14(17)8-7-12-5-3-2-4-6-12/h2-8,13,16H,9-11H2,1H3,(H,15,17)/b8-7+. The van der Waals surface area contributed by atoms with Crippen molar-refractivity contribution in [3.05, 3.63) is 42.0 Å². The van der Waals surface area contributed by atoms with Crippen molar-refractivity contribution in [3.8, 4) is 0 Å². The molecule has 1 atom stereocenters. The van der Waals surface area contributed by atoms with Crippen LogP contribution < -0.4 is 5.32 Å². The number of ether oxygens (including phenoxy) is 1. The smallest absolute Gasteiger partial charge is 0.244 e. The summed E-state index contributed by atoms with van der Waals surface area (Å²) in [5.74, 6) is -0.163. The fourth-order valence-electron chi connectivity index (χ4n) is 1.43. The van der Waals surface area contributed by atoms with Crippen molar-refractivity contribution in [2.45, 2.75) is 12.5 Å². The Balaban J connectivity index is 2.24. The molecule has 0 aliphatic rings. The summed E-state index contributed by atoms with van der Waals surface area (Å²) >= 11 is 0. The fraction of sp³-hybridized carbons (Fsp3) is 0.357. The molecule has 0 aliphatic carbocycles. The monoisotopic (exact) mass is 249 g/mol. The van der Waals surface area contributed by atoms with Crippen molar-refractivity contribution in [2.75, 3.05) is 20.3 Å². The Hall–Kier alpha value is -1.65. The molecule has 4 heteroatoms. The maximum atomic E-state index is 11.4. The van der Waals surface area contributed by atoms with Crippen LogP contribution in [0.15, 0.2) is 36.4 Å². The Labute approximate surface area is 107 Å². The van der Waals surface area contributed by atoms with Crippen molar-refractivity contribution in [1.29, 1.82) is 0 Å². The zero-order chi connectivity index (χ0) is 13.2. The predicted molar refractivity (Wildman–Crippen MR) is 71.0 cm³/mol. The number of benzene rings is 1. The highest BCUT2D eigenvalue weighted by Gasteiger charge is 2.03. The van der Waals surface area contributed by atoms with Crippen molar-refractivity contribution < 1.29 is 14.6 Å². The zero-order valence-corrected chi connectivity index (χ0v) is 10.5. The summed E-state index contributed by atoms with van der Waals surface area (Å²) in [5.41, 5.74) is 0.979. The SMILES string of the molecule is COCC(O)CCNC(=O)/C=C/c1ccccc1. The Morgan fingerprint density at radius 3 is 2.83 bits per heavy atom. The number of hydrogen-bond acceptors (Lipinski definition) is 3. The number of methoxy groups -OCH3 is 1. The molecule has 0 radical (unpaired) electrons. The van der Waals surface area contributed by atoms with Crippen LogP contribution in [-0.4, -0.2) is 37.4 Å². The molecule has 2 N–H and O–H groups in total. The van der Waals surface area contributed by atoms with Crippen LogP contribution in [0.2, 0.25) is 0 Å². The fourth-order valence-corrected chi connectivity index (χ4v) is 1.43. The van der Waals surface area contributed by atoms with Crippen molar-refractivity contribution in [1.82, 2.24) is 5.32 Å². The number of amides is 1. The number of aliphatic hydroxyl groups excluding tert-OH is 1. The van der Waals surface area contributed by atoms with Gasteiger partial charge in [0.1, 0.15) is 0 Å². The molecular formula is C14H19NO3. The van der Waals surface area contributed by atoms with Crippen molar-refractivity contribution in [3.63, 3.8) is 0 Å². The molecule has 0 heterocycles. The van der Waals surface area contributed by atoms with Crippen LogP contribution in [0.4, 0.5) is 0 Å². The predicted octanol–water partition coefficient (Wildman–Crippen LogP) is 1.21. The van der Waals surface area contributed by atoms with E-state index in [1.165, 1.54) is 13.2 Å². The maximum Gasteiger partial charge on any atom is 0.244 e. The third kappa shape index (κ3) is 6.18. The zero-order valence-electron chi connectivity index (χ0n) is 10.5. The van der Waals surface area contributed by atoms with Crippen LogP contribution in [0.1, 0.15) is 12.0 Å². The molecule has 1 aromatic rings. The lowest BCUT2D eigenvalue weighted by Gasteiger charge is -2.08. The Bertz CT molecular complexity index is 376. The minimum Gasteiger partial charge on any atom is -0.391 e. The van der Waals surface area contributed by atoms with Gasteiger partial charge in [-0.05, 0) is 18.1 Å². The minimum atomic E-state index is -0.534. The van der Waals surface area contributed by atoms with Crippen LogP contribution in [-0.2, 0) is 9.53 Å². The third-order valence-corrected chi connectivity index (χ3v) is 2.36. The third-order valence-electron chi connectivity index (χ3n) is 2.36. The molecule has 0 aliphatic heterocycles. The maximum absolute atomic E-state index is 11.4. The van der Waals surface area contributed by atoms with E-state index in [0.717, 1.165) is 5.56 Å². The number of aliphatic hydroxyl groups is 1. The van der Waals surface area contributed by atoms with Crippen LogP contribution >= 0.6 is 0 Å². The minimum absolute atomic E-state index is 0.163. The van der Waals surface area contributed by atoms with E-state index >= 15 is 0 Å². The van der Waals surface area contributed by atoms with Crippen LogP contribution in [0, 0.1) is 0 Å². The Morgan fingerprint density at radius 2 is 2.17 bits per heavy atom. The van der Waals surface area contributed by atoms with Gasteiger partial charge in [-0.3, -0.25) is 4.79 Å². The van der Waals surface area contributed by atoms with Gasteiger partial charge in [0, 0.05) is 19.7 Å². The first-order chi connectivity index (χ1) is 8.72. The normalized spacial score (nSPS) is 12.6. The highest BCUT2D eigenvalue weighted by molar-refractivity contribution is 5.91. The Morgan fingerprint density at radius 1 is 1.44 bits per heavy atom. The van der Waals surface area contributed by atoms with E-state index in [-0.39, 0.29) is 12.5 Å². The van der Waals surface area contributed by atoms with E-state index in [1.807, 2.05) is 30.3 Å². The molecule has 0 saturated carbocycles. The van der Waals surface area contributed by atoms with E-state index in [9.17, 15) is 9.90 Å². The summed E-state index contributed by atoms with van der Waals surface area (Å²) in [6, 6.07) is 9.60. The molecule has 1 unspecified atom stereocenters. The van der Waals surface area contributed by atoms with Gasteiger partial charge in [0.05, 0.1) is 12.7 Å². The average molecular weight is 249 g/mol. The van der Waals surface area contributed by atoms with Gasteiger partial charge in [-0.2, -0.15) is 0 Å². The van der Waals surface area contributed by atoms with Gasteiger partial charge >= 0.3 is 0 Å². The summed E-state index contributed by atoms with van der Waals surface area (Å²) in [6.07, 6.45) is 3.19. The quantitative estimate of drug-likeness (QED) is 0.714. The topological polar surface area (TPSA) is 58.6 Å². The highest BCUT2D eigenvalue weighted by Crippen LogP contribution is 2.00. The molecule has 18 heavy (non-hydrogen) atoms. The number of carbonyl (C=O) groups excluding carboxylic acids is 1. The first-order valence-corrected chi connectivity index (χ1v) is 5.90. The van der Waals surface area contributed by atoms with Gasteiger partial charge in [0.15, 0.2) is 0 Å². The second-order valence-electron chi connectivity index (χ2n) is 3.93. The first kappa shape index (κ1) is 14.4. The molecule has 1 amide bonds.